The molecule has 0 saturated heterocycles. The Morgan fingerprint density at radius 3 is 3.00 bits per heavy atom. The highest BCUT2D eigenvalue weighted by molar-refractivity contribution is 5.38. The summed E-state index contributed by atoms with van der Waals surface area (Å²) in [5, 5.41) is 9.08. The third-order valence-electron chi connectivity index (χ3n) is 3.06. The number of nitriles is 1. The molecule has 1 unspecified atom stereocenters. The Hall–Kier alpha value is -2.19. The lowest BCUT2D eigenvalue weighted by atomic mass is 10.1. The predicted molar refractivity (Wildman–Crippen MR) is 72.5 cm³/mol. The minimum absolute atomic E-state index is 0.144. The number of rotatable bonds is 5. The molecule has 0 aliphatic carbocycles. The van der Waals surface area contributed by atoms with Crippen LogP contribution in [0.5, 0.6) is 0 Å². The maximum atomic E-state index is 13.3. The molecular weight excluding hydrogens is 257 g/mol. The molecule has 0 saturated carbocycles. The topological polar surface area (TPSA) is 50.8 Å². The van der Waals surface area contributed by atoms with Crippen LogP contribution >= 0.6 is 0 Å². The lowest BCUT2D eigenvalue weighted by Gasteiger charge is -2.14. The minimum Gasteiger partial charge on any atom is -0.371 e. The Morgan fingerprint density at radius 1 is 1.50 bits per heavy atom. The number of aromatic nitrogens is 2. The van der Waals surface area contributed by atoms with E-state index in [1.807, 2.05) is 18.4 Å². The number of nitrogens with zero attached hydrogens (tertiary/aromatic N) is 3. The molecule has 1 heterocycles. The zero-order chi connectivity index (χ0) is 14.5. The van der Waals surface area contributed by atoms with Crippen molar-refractivity contribution >= 4 is 0 Å². The van der Waals surface area contributed by atoms with Crippen LogP contribution in [0.3, 0.4) is 0 Å². The van der Waals surface area contributed by atoms with Gasteiger partial charge in [0.25, 0.3) is 0 Å². The second kappa shape index (κ2) is 6.31. The fourth-order valence-electron chi connectivity index (χ4n) is 2.12. The molecule has 0 amide bonds. The molecule has 1 aromatic heterocycles. The van der Waals surface area contributed by atoms with E-state index in [1.54, 1.807) is 12.4 Å². The first kappa shape index (κ1) is 14.2. The van der Waals surface area contributed by atoms with E-state index in [9.17, 15) is 4.39 Å². The molecule has 20 heavy (non-hydrogen) atoms. The number of hydrogen-bond donors (Lipinski definition) is 0. The predicted octanol–water partition coefficient (Wildman–Crippen LogP) is 3.04. The first-order valence-electron chi connectivity index (χ1n) is 6.46. The number of imidazole rings is 1. The Kier molecular flexibility index (Phi) is 4.49. The van der Waals surface area contributed by atoms with E-state index in [1.165, 1.54) is 18.2 Å². The monoisotopic (exact) mass is 273 g/mol. The van der Waals surface area contributed by atoms with Crippen molar-refractivity contribution in [2.24, 2.45) is 0 Å². The average Bonchev–Trinajstić information content (AvgIpc) is 2.87. The van der Waals surface area contributed by atoms with Crippen LogP contribution in [0.15, 0.2) is 30.6 Å². The highest BCUT2D eigenvalue weighted by Crippen LogP contribution is 2.18. The van der Waals surface area contributed by atoms with Gasteiger partial charge in [-0.2, -0.15) is 5.26 Å². The Bertz CT molecular complexity index is 630. The third-order valence-corrected chi connectivity index (χ3v) is 3.06. The normalized spacial score (nSPS) is 12.1. The molecule has 0 N–H and O–H groups in total. The molecule has 104 valence electrons. The van der Waals surface area contributed by atoms with Gasteiger partial charge in [0, 0.05) is 19.0 Å². The maximum Gasteiger partial charge on any atom is 0.137 e. The quantitative estimate of drug-likeness (QED) is 0.841. The van der Waals surface area contributed by atoms with Crippen LogP contribution in [0, 0.1) is 17.1 Å². The summed E-state index contributed by atoms with van der Waals surface area (Å²) in [7, 11) is 0. The van der Waals surface area contributed by atoms with Crippen LogP contribution in [0.1, 0.15) is 36.9 Å². The molecular formula is C15H16FN3O. The van der Waals surface area contributed by atoms with Crippen molar-refractivity contribution < 1.29 is 9.13 Å². The molecule has 0 spiro atoms. The number of benzene rings is 1. The molecule has 2 aromatic rings. The zero-order valence-corrected chi connectivity index (χ0v) is 11.5. The van der Waals surface area contributed by atoms with Gasteiger partial charge in [0.2, 0.25) is 0 Å². The van der Waals surface area contributed by atoms with E-state index in [-0.39, 0.29) is 11.9 Å². The first-order valence-corrected chi connectivity index (χ1v) is 6.46. The van der Waals surface area contributed by atoms with Gasteiger partial charge < -0.3 is 9.30 Å². The number of halogens is 1. The van der Waals surface area contributed by atoms with Crippen LogP contribution in [0.2, 0.25) is 0 Å². The Morgan fingerprint density at radius 2 is 2.30 bits per heavy atom. The fourth-order valence-corrected chi connectivity index (χ4v) is 2.12. The van der Waals surface area contributed by atoms with Crippen molar-refractivity contribution in [2.45, 2.75) is 26.5 Å². The summed E-state index contributed by atoms with van der Waals surface area (Å²) in [5.41, 5.74) is 1.10. The molecule has 2 rings (SSSR count). The summed E-state index contributed by atoms with van der Waals surface area (Å²) in [6.45, 7) is 4.83. The van der Waals surface area contributed by atoms with Crippen LogP contribution in [-0.4, -0.2) is 16.2 Å². The highest BCUT2D eigenvalue weighted by atomic mass is 19.1. The van der Waals surface area contributed by atoms with Gasteiger partial charge in [-0.25, -0.2) is 9.37 Å². The van der Waals surface area contributed by atoms with Crippen molar-refractivity contribution in [3.05, 3.63) is 53.4 Å². The lowest BCUT2D eigenvalue weighted by molar-refractivity contribution is 0.0677. The SMILES string of the molecule is CCOC(C)c1nccn1Cc1cc(F)ccc1C#N. The van der Waals surface area contributed by atoms with E-state index >= 15 is 0 Å². The average molecular weight is 273 g/mol. The summed E-state index contributed by atoms with van der Waals surface area (Å²) >= 11 is 0. The van der Waals surface area contributed by atoms with Crippen LogP contribution < -0.4 is 0 Å². The Labute approximate surface area is 117 Å². The Balaban J connectivity index is 2.29. The summed E-state index contributed by atoms with van der Waals surface area (Å²) in [4.78, 5) is 4.27. The van der Waals surface area contributed by atoms with E-state index in [2.05, 4.69) is 11.1 Å². The van der Waals surface area contributed by atoms with Gasteiger partial charge >= 0.3 is 0 Å². The zero-order valence-electron chi connectivity index (χ0n) is 11.5. The van der Waals surface area contributed by atoms with Crippen molar-refractivity contribution in [2.75, 3.05) is 6.61 Å². The smallest absolute Gasteiger partial charge is 0.137 e. The van der Waals surface area contributed by atoms with E-state index in [0.717, 1.165) is 5.82 Å². The van der Waals surface area contributed by atoms with Gasteiger partial charge in [-0.1, -0.05) is 0 Å². The fraction of sp³-hybridized carbons (Fsp3) is 0.333. The van der Waals surface area contributed by atoms with E-state index in [0.29, 0.717) is 24.3 Å². The summed E-state index contributed by atoms with van der Waals surface area (Å²) in [6.07, 6.45) is 3.33. The van der Waals surface area contributed by atoms with Crippen molar-refractivity contribution in [3.63, 3.8) is 0 Å². The van der Waals surface area contributed by atoms with Gasteiger partial charge in [-0.05, 0) is 37.6 Å². The van der Waals surface area contributed by atoms with Crippen LogP contribution in [0.4, 0.5) is 4.39 Å². The third kappa shape index (κ3) is 3.03. The molecule has 0 bridgehead atoms. The van der Waals surface area contributed by atoms with Crippen LogP contribution in [0.25, 0.3) is 0 Å². The standard InChI is InChI=1S/C15H16FN3O/c1-3-20-11(2)15-18-6-7-19(15)10-13-8-14(16)5-4-12(13)9-17/h4-8,11H,3,10H2,1-2H3. The van der Waals surface area contributed by atoms with E-state index in [4.69, 9.17) is 10.00 Å². The second-order valence-corrected chi connectivity index (χ2v) is 4.42. The van der Waals surface area contributed by atoms with Crippen molar-refractivity contribution in [3.8, 4) is 6.07 Å². The van der Waals surface area contributed by atoms with E-state index < -0.39 is 0 Å². The maximum absolute atomic E-state index is 13.3. The minimum atomic E-state index is -0.349. The summed E-state index contributed by atoms with van der Waals surface area (Å²) in [6, 6.07) is 6.24. The molecule has 0 aliphatic heterocycles. The molecule has 0 fully saturated rings. The van der Waals surface area contributed by atoms with Crippen LogP contribution in [-0.2, 0) is 11.3 Å². The molecule has 0 aliphatic rings. The first-order chi connectivity index (χ1) is 9.65. The molecule has 0 radical (unpaired) electrons. The van der Waals surface area contributed by atoms with Gasteiger partial charge in [0.15, 0.2) is 0 Å². The number of ether oxygens (including phenoxy) is 1. The summed E-state index contributed by atoms with van der Waals surface area (Å²) in [5.74, 6) is 0.415. The molecule has 5 heteroatoms. The molecule has 4 nitrogen and oxygen atoms in total. The largest absolute Gasteiger partial charge is 0.371 e. The molecule has 1 aromatic carbocycles. The van der Waals surface area contributed by atoms with Gasteiger partial charge in [0.05, 0.1) is 18.2 Å². The van der Waals surface area contributed by atoms with Gasteiger partial charge in [-0.15, -0.1) is 0 Å². The second-order valence-electron chi connectivity index (χ2n) is 4.42. The molecule has 1 atom stereocenters. The highest BCUT2D eigenvalue weighted by Gasteiger charge is 2.13. The lowest BCUT2D eigenvalue weighted by Crippen LogP contribution is -2.11. The van der Waals surface area contributed by atoms with Crippen molar-refractivity contribution in [1.82, 2.24) is 9.55 Å². The number of hydrogen-bond acceptors (Lipinski definition) is 3. The van der Waals surface area contributed by atoms with Gasteiger partial charge in [-0.3, -0.25) is 0 Å². The van der Waals surface area contributed by atoms with Crippen molar-refractivity contribution in [1.29, 1.82) is 5.26 Å². The van der Waals surface area contributed by atoms with Gasteiger partial charge in [0.1, 0.15) is 17.7 Å². The summed E-state index contributed by atoms with van der Waals surface area (Å²) < 4.78 is 20.7.